The summed E-state index contributed by atoms with van der Waals surface area (Å²) >= 11 is 0. The van der Waals surface area contributed by atoms with Gasteiger partial charge in [0.1, 0.15) is 17.9 Å². The van der Waals surface area contributed by atoms with Gasteiger partial charge in [0.2, 0.25) is 5.88 Å². The van der Waals surface area contributed by atoms with Crippen molar-refractivity contribution in [1.29, 1.82) is 0 Å². The zero-order valence-electron chi connectivity index (χ0n) is 17.7. The van der Waals surface area contributed by atoms with Crippen LogP contribution in [0.3, 0.4) is 0 Å². The van der Waals surface area contributed by atoms with Crippen LogP contribution in [0.25, 0.3) is 5.52 Å². The summed E-state index contributed by atoms with van der Waals surface area (Å²) < 4.78 is 13.2. The third kappa shape index (κ3) is 4.90. The van der Waals surface area contributed by atoms with Crippen LogP contribution in [0.15, 0.2) is 48.7 Å². The van der Waals surface area contributed by atoms with Gasteiger partial charge in [-0.1, -0.05) is 12.1 Å². The Hall–Kier alpha value is -3.09. The number of amides is 1. The number of hydrogen-bond acceptors (Lipinski definition) is 5. The maximum absolute atomic E-state index is 12.3. The minimum atomic E-state index is -0.470. The van der Waals surface area contributed by atoms with E-state index in [4.69, 9.17) is 14.5 Å². The highest BCUT2D eigenvalue weighted by Gasteiger charge is 2.28. The quantitative estimate of drug-likeness (QED) is 0.639. The number of carbonyl (C=O) groups excluding carboxylic acids is 1. The minimum Gasteiger partial charge on any atom is -0.471 e. The predicted octanol–water partition coefficient (Wildman–Crippen LogP) is 4.42. The Kier molecular flexibility index (Phi) is 5.61. The summed E-state index contributed by atoms with van der Waals surface area (Å²) in [6.07, 6.45) is 3.41. The van der Waals surface area contributed by atoms with Gasteiger partial charge in [0.15, 0.2) is 0 Å². The van der Waals surface area contributed by atoms with E-state index in [1.807, 2.05) is 73.9 Å². The van der Waals surface area contributed by atoms with Gasteiger partial charge in [-0.05, 0) is 57.9 Å². The third-order valence-electron chi connectivity index (χ3n) is 5.10. The Labute approximate surface area is 176 Å². The van der Waals surface area contributed by atoms with Crippen molar-refractivity contribution in [3.8, 4) is 5.88 Å². The zero-order chi connectivity index (χ0) is 21.1. The molecule has 0 saturated carbocycles. The molecule has 158 valence electrons. The lowest BCUT2D eigenvalue weighted by molar-refractivity contribution is 0.0204. The lowest BCUT2D eigenvalue weighted by Gasteiger charge is -2.33. The largest absolute Gasteiger partial charge is 0.471 e. The van der Waals surface area contributed by atoms with Crippen LogP contribution in [0.1, 0.15) is 50.9 Å². The van der Waals surface area contributed by atoms with Crippen LogP contribution in [0, 0.1) is 0 Å². The highest BCUT2D eigenvalue weighted by atomic mass is 16.6. The molecule has 0 aromatic carbocycles. The average Bonchev–Trinajstić information content (AvgIpc) is 3.14. The lowest BCUT2D eigenvalue weighted by atomic mass is 9.93. The second kappa shape index (κ2) is 8.34. The van der Waals surface area contributed by atoms with E-state index in [1.54, 1.807) is 4.90 Å². The van der Waals surface area contributed by atoms with Crippen LogP contribution in [-0.4, -0.2) is 44.3 Å². The molecule has 30 heavy (non-hydrogen) atoms. The van der Waals surface area contributed by atoms with Gasteiger partial charge < -0.3 is 14.4 Å². The number of fused-ring (bicyclic) bond motifs is 1. The molecule has 3 aromatic rings. The van der Waals surface area contributed by atoms with E-state index in [9.17, 15) is 4.79 Å². The van der Waals surface area contributed by atoms with Crippen molar-refractivity contribution in [3.63, 3.8) is 0 Å². The van der Waals surface area contributed by atoms with Crippen molar-refractivity contribution in [2.45, 2.75) is 51.7 Å². The molecule has 4 rings (SSSR count). The molecule has 1 aliphatic heterocycles. The third-order valence-corrected chi connectivity index (χ3v) is 5.10. The van der Waals surface area contributed by atoms with E-state index in [2.05, 4.69) is 5.10 Å². The first-order chi connectivity index (χ1) is 14.4. The number of likely N-dealkylation sites (tertiary alicyclic amines) is 1. The minimum absolute atomic E-state index is 0.238. The van der Waals surface area contributed by atoms with Gasteiger partial charge in [0.25, 0.3) is 0 Å². The Morgan fingerprint density at radius 2 is 1.93 bits per heavy atom. The summed E-state index contributed by atoms with van der Waals surface area (Å²) in [4.78, 5) is 18.7. The Bertz CT molecular complexity index is 983. The van der Waals surface area contributed by atoms with Gasteiger partial charge in [-0.15, -0.1) is 0 Å². The number of hydrogen-bond donors (Lipinski definition) is 0. The smallest absolute Gasteiger partial charge is 0.410 e. The van der Waals surface area contributed by atoms with E-state index < -0.39 is 5.60 Å². The van der Waals surface area contributed by atoms with Crippen molar-refractivity contribution in [3.05, 3.63) is 60.0 Å². The molecule has 0 unspecified atom stereocenters. The number of piperidine rings is 1. The first kappa shape index (κ1) is 20.2. The Balaban J connectivity index is 1.34. The number of ether oxygens (including phenoxy) is 2. The molecule has 0 atom stereocenters. The summed E-state index contributed by atoms with van der Waals surface area (Å²) in [5.74, 6) is 0.904. The summed E-state index contributed by atoms with van der Waals surface area (Å²) in [6.45, 7) is 7.38. The fourth-order valence-electron chi connectivity index (χ4n) is 3.63. The standard InChI is InChI=1S/C23H28N4O3/c1-23(2,3)30-22(28)26-13-10-17(11-14-26)20-8-6-9-21(24-20)29-16-18-15-19-7-4-5-12-27(19)25-18/h4-9,12,15,17H,10-11,13-14,16H2,1-3H3. The van der Waals surface area contributed by atoms with Crippen molar-refractivity contribution >= 4 is 11.6 Å². The molecular formula is C23H28N4O3. The first-order valence-corrected chi connectivity index (χ1v) is 10.4. The monoisotopic (exact) mass is 408 g/mol. The molecule has 0 aliphatic carbocycles. The molecular weight excluding hydrogens is 380 g/mol. The number of aromatic nitrogens is 3. The predicted molar refractivity (Wildman–Crippen MR) is 114 cm³/mol. The summed E-state index contributed by atoms with van der Waals surface area (Å²) in [5.41, 5.74) is 2.43. The van der Waals surface area contributed by atoms with Crippen molar-refractivity contribution in [1.82, 2.24) is 19.5 Å². The van der Waals surface area contributed by atoms with E-state index in [0.717, 1.165) is 29.7 Å². The number of rotatable bonds is 4. The molecule has 1 amide bonds. The van der Waals surface area contributed by atoms with Gasteiger partial charge in [-0.25, -0.2) is 14.3 Å². The molecule has 0 radical (unpaired) electrons. The van der Waals surface area contributed by atoms with Crippen LogP contribution in [0.5, 0.6) is 5.88 Å². The average molecular weight is 409 g/mol. The molecule has 1 saturated heterocycles. The summed E-state index contributed by atoms with van der Waals surface area (Å²) in [5, 5.41) is 4.50. The molecule has 1 aliphatic rings. The van der Waals surface area contributed by atoms with E-state index in [0.29, 0.717) is 31.5 Å². The number of carbonyl (C=O) groups is 1. The van der Waals surface area contributed by atoms with Crippen LogP contribution in [-0.2, 0) is 11.3 Å². The molecule has 0 N–H and O–H groups in total. The molecule has 7 nitrogen and oxygen atoms in total. The second-order valence-corrected chi connectivity index (χ2v) is 8.64. The Morgan fingerprint density at radius 3 is 2.67 bits per heavy atom. The molecule has 1 fully saturated rings. The number of nitrogens with zero attached hydrogens (tertiary/aromatic N) is 4. The highest BCUT2D eigenvalue weighted by Crippen LogP contribution is 2.28. The lowest BCUT2D eigenvalue weighted by Crippen LogP contribution is -2.41. The van der Waals surface area contributed by atoms with Crippen LogP contribution in [0.4, 0.5) is 4.79 Å². The molecule has 4 heterocycles. The van der Waals surface area contributed by atoms with E-state index >= 15 is 0 Å². The highest BCUT2D eigenvalue weighted by molar-refractivity contribution is 5.68. The van der Waals surface area contributed by atoms with Crippen molar-refractivity contribution < 1.29 is 14.3 Å². The maximum atomic E-state index is 12.3. The zero-order valence-corrected chi connectivity index (χ0v) is 17.7. The van der Waals surface area contributed by atoms with Crippen LogP contribution in [0.2, 0.25) is 0 Å². The van der Waals surface area contributed by atoms with Gasteiger partial charge >= 0.3 is 6.09 Å². The van der Waals surface area contributed by atoms with Gasteiger partial charge in [0, 0.05) is 37.0 Å². The van der Waals surface area contributed by atoms with Crippen molar-refractivity contribution in [2.75, 3.05) is 13.1 Å². The maximum Gasteiger partial charge on any atom is 0.410 e. The van der Waals surface area contributed by atoms with Crippen molar-refractivity contribution in [2.24, 2.45) is 0 Å². The normalized spacial score (nSPS) is 15.4. The first-order valence-electron chi connectivity index (χ1n) is 10.4. The summed E-state index contributed by atoms with van der Waals surface area (Å²) in [6, 6.07) is 13.8. The number of pyridine rings is 2. The topological polar surface area (TPSA) is 69.0 Å². The van der Waals surface area contributed by atoms with Crippen LogP contribution >= 0.6 is 0 Å². The fraction of sp³-hybridized carbons (Fsp3) is 0.435. The molecule has 0 bridgehead atoms. The molecule has 3 aromatic heterocycles. The van der Waals surface area contributed by atoms with Gasteiger partial charge in [-0.2, -0.15) is 5.10 Å². The SMILES string of the molecule is CC(C)(C)OC(=O)N1CCC(c2cccc(OCc3cc4ccccn4n3)n2)CC1. The van der Waals surface area contributed by atoms with Gasteiger partial charge in [0.05, 0.1) is 5.52 Å². The van der Waals surface area contributed by atoms with E-state index in [1.165, 1.54) is 0 Å². The molecule has 7 heteroatoms. The Morgan fingerprint density at radius 1 is 1.13 bits per heavy atom. The molecule has 0 spiro atoms. The summed E-state index contributed by atoms with van der Waals surface area (Å²) in [7, 11) is 0. The van der Waals surface area contributed by atoms with Gasteiger partial charge in [-0.3, -0.25) is 0 Å². The second-order valence-electron chi connectivity index (χ2n) is 8.64. The fourth-order valence-corrected chi connectivity index (χ4v) is 3.63. The van der Waals surface area contributed by atoms with Crippen LogP contribution < -0.4 is 4.74 Å². The van der Waals surface area contributed by atoms with E-state index in [-0.39, 0.29) is 6.09 Å².